The predicted molar refractivity (Wildman–Crippen MR) is 231 cm³/mol. The number of hydrogen-bond donors (Lipinski definition) is 1. The van der Waals surface area contributed by atoms with Crippen molar-refractivity contribution < 1.29 is 29.0 Å². The number of aryl methyl sites for hydroxylation is 1. The van der Waals surface area contributed by atoms with Gasteiger partial charge in [-0.2, -0.15) is 0 Å². The minimum atomic E-state index is -0.413. The normalized spacial score (nSPS) is 17.7. The van der Waals surface area contributed by atoms with Crippen LogP contribution in [0.3, 0.4) is 0 Å². The van der Waals surface area contributed by atoms with Gasteiger partial charge in [0.25, 0.3) is 11.8 Å². The van der Waals surface area contributed by atoms with Crippen molar-refractivity contribution in [1.29, 1.82) is 0 Å². The molecule has 11 heteroatoms. The molecule has 5 aromatic rings. The molecule has 1 N–H and O–H groups in total. The molecule has 1 aromatic heterocycles. The summed E-state index contributed by atoms with van der Waals surface area (Å²) in [6, 6.07) is 28.8. The summed E-state index contributed by atoms with van der Waals surface area (Å²) in [4.78, 5) is 51.4. The van der Waals surface area contributed by atoms with Crippen LogP contribution in [0.5, 0.6) is 11.5 Å². The summed E-state index contributed by atoms with van der Waals surface area (Å²) in [5.74, 6) is 0.489. The van der Waals surface area contributed by atoms with Gasteiger partial charge in [0.05, 0.1) is 18.8 Å². The molecular formula is C49H53N5O6. The van der Waals surface area contributed by atoms with Gasteiger partial charge >= 0.3 is 6.09 Å². The number of aromatic hydroxyl groups is 1. The van der Waals surface area contributed by atoms with Gasteiger partial charge in [0.1, 0.15) is 11.5 Å². The van der Waals surface area contributed by atoms with Crippen molar-refractivity contribution in [3.05, 3.63) is 136 Å². The number of phenolic OH excluding ortho intramolecular Hbond substituents is 1. The van der Waals surface area contributed by atoms with E-state index in [9.17, 15) is 14.7 Å². The summed E-state index contributed by atoms with van der Waals surface area (Å²) in [5, 5.41) is 9.93. The number of amides is 3. The van der Waals surface area contributed by atoms with Crippen molar-refractivity contribution >= 4 is 23.6 Å². The van der Waals surface area contributed by atoms with E-state index in [1.165, 1.54) is 5.56 Å². The second-order valence-electron chi connectivity index (χ2n) is 16.7. The van der Waals surface area contributed by atoms with E-state index < -0.39 is 6.09 Å². The maximum Gasteiger partial charge on any atom is 0.415 e. The Labute approximate surface area is 351 Å². The zero-order valence-corrected chi connectivity index (χ0v) is 34.6. The van der Waals surface area contributed by atoms with Gasteiger partial charge in [-0.05, 0) is 122 Å². The van der Waals surface area contributed by atoms with Gasteiger partial charge in [0.15, 0.2) is 0 Å². The first kappa shape index (κ1) is 39.5. The Morgan fingerprint density at radius 3 is 2.37 bits per heavy atom. The van der Waals surface area contributed by atoms with Crippen LogP contribution in [-0.2, 0) is 43.6 Å². The van der Waals surface area contributed by atoms with E-state index in [-0.39, 0.29) is 23.6 Å². The Hall–Kier alpha value is -5.91. The average Bonchev–Trinajstić information content (AvgIpc) is 3.67. The Kier molecular flexibility index (Phi) is 11.2. The molecule has 11 nitrogen and oxygen atoms in total. The molecular weight excluding hydrogens is 755 g/mol. The first-order valence-electron chi connectivity index (χ1n) is 21.4. The lowest BCUT2D eigenvalue weighted by Crippen LogP contribution is -2.47. The van der Waals surface area contributed by atoms with Gasteiger partial charge in [-0.15, -0.1) is 0 Å². The molecule has 5 heterocycles. The van der Waals surface area contributed by atoms with Crippen LogP contribution >= 0.6 is 0 Å². The van der Waals surface area contributed by atoms with Gasteiger partial charge in [0.2, 0.25) is 0 Å². The number of morpholine rings is 1. The van der Waals surface area contributed by atoms with Gasteiger partial charge in [-0.25, -0.2) is 4.79 Å². The second-order valence-corrected chi connectivity index (χ2v) is 16.7. The number of para-hydroxylation sites is 1. The summed E-state index contributed by atoms with van der Waals surface area (Å²) >= 11 is 0. The van der Waals surface area contributed by atoms with E-state index in [2.05, 4.69) is 38.6 Å². The van der Waals surface area contributed by atoms with Crippen molar-refractivity contribution in [3.8, 4) is 22.8 Å². The quantitative estimate of drug-likeness (QED) is 0.172. The van der Waals surface area contributed by atoms with Crippen LogP contribution in [-0.4, -0.2) is 94.8 Å². The highest BCUT2D eigenvalue weighted by molar-refractivity contribution is 6.08. The maximum atomic E-state index is 15.6. The molecule has 1 atom stereocenters. The number of fused-ring (bicyclic) bond motifs is 3. The molecule has 60 heavy (non-hydrogen) atoms. The van der Waals surface area contributed by atoms with Crippen LogP contribution in [0.4, 0.5) is 10.5 Å². The van der Waals surface area contributed by atoms with Crippen LogP contribution in [0.15, 0.2) is 91.0 Å². The fourth-order valence-corrected chi connectivity index (χ4v) is 9.44. The monoisotopic (exact) mass is 807 g/mol. The van der Waals surface area contributed by atoms with Crippen molar-refractivity contribution in [3.63, 3.8) is 0 Å². The Balaban J connectivity index is 1.12. The number of phenols is 1. The van der Waals surface area contributed by atoms with Gasteiger partial charge in [-0.3, -0.25) is 14.5 Å². The molecule has 0 saturated carbocycles. The van der Waals surface area contributed by atoms with Gasteiger partial charge in [0, 0.05) is 87.1 Å². The highest BCUT2D eigenvalue weighted by Crippen LogP contribution is 2.38. The lowest BCUT2D eigenvalue weighted by atomic mass is 9.88. The van der Waals surface area contributed by atoms with E-state index in [4.69, 9.17) is 9.47 Å². The van der Waals surface area contributed by atoms with Crippen LogP contribution in [0.25, 0.3) is 11.3 Å². The molecule has 4 aromatic carbocycles. The van der Waals surface area contributed by atoms with Crippen LogP contribution in [0.1, 0.15) is 73.5 Å². The topological polar surface area (TPSA) is 108 Å². The first-order valence-corrected chi connectivity index (χ1v) is 21.4. The first-order chi connectivity index (χ1) is 29.2. The second kappa shape index (κ2) is 17.0. The van der Waals surface area contributed by atoms with Gasteiger partial charge < -0.3 is 33.8 Å². The van der Waals surface area contributed by atoms with Crippen molar-refractivity contribution in [2.24, 2.45) is 0 Å². The van der Waals surface area contributed by atoms with Crippen molar-refractivity contribution in [2.75, 3.05) is 51.3 Å². The largest absolute Gasteiger partial charge is 0.508 e. The lowest BCUT2D eigenvalue weighted by Gasteiger charge is -2.39. The Morgan fingerprint density at radius 2 is 1.57 bits per heavy atom. The molecule has 3 amide bonds. The molecule has 0 bridgehead atoms. The van der Waals surface area contributed by atoms with Crippen molar-refractivity contribution in [2.45, 2.75) is 71.1 Å². The number of aromatic nitrogens is 1. The summed E-state index contributed by atoms with van der Waals surface area (Å²) in [7, 11) is 1.76. The average molecular weight is 808 g/mol. The lowest BCUT2D eigenvalue weighted by molar-refractivity contribution is 0.0308. The van der Waals surface area contributed by atoms with Crippen molar-refractivity contribution in [1.82, 2.24) is 19.3 Å². The Morgan fingerprint density at radius 1 is 0.800 bits per heavy atom. The highest BCUT2D eigenvalue weighted by Gasteiger charge is 2.35. The minimum Gasteiger partial charge on any atom is -0.508 e. The number of nitrogens with zero attached hydrogens (tertiary/aromatic N) is 5. The molecule has 0 spiro atoms. The molecule has 9 rings (SSSR count). The third kappa shape index (κ3) is 7.91. The molecule has 4 aliphatic rings. The minimum absolute atomic E-state index is 0.0166. The maximum absolute atomic E-state index is 15.6. The van der Waals surface area contributed by atoms with Crippen LogP contribution < -0.4 is 9.64 Å². The molecule has 0 unspecified atom stereocenters. The Bertz CT molecular complexity index is 2420. The molecule has 0 aliphatic carbocycles. The summed E-state index contributed by atoms with van der Waals surface area (Å²) < 4.78 is 13.8. The fourth-order valence-electron chi connectivity index (χ4n) is 9.44. The van der Waals surface area contributed by atoms with E-state index in [1.54, 1.807) is 47.2 Å². The third-order valence-electron chi connectivity index (χ3n) is 12.9. The SMILES string of the molecule is Cc1ccccc1OC(=O)N1CCc2cc(-c3cc(C(=O)N(C)c4ccc(O)cc4)c4n3CCCC4)c(C(=O)N3Cc4ccccc4C[C@H]3CCN3CCOCC3)cc2C1. The zero-order valence-electron chi connectivity index (χ0n) is 34.6. The van der Waals surface area contributed by atoms with E-state index in [0.29, 0.717) is 48.6 Å². The molecule has 1 fully saturated rings. The van der Waals surface area contributed by atoms with E-state index in [0.717, 1.165) is 111 Å². The fraction of sp³-hybridized carbons (Fsp3) is 0.367. The molecule has 0 radical (unpaired) electrons. The highest BCUT2D eigenvalue weighted by atomic mass is 16.6. The standard InChI is InChI=1S/C49H53N5O6/c1-33-9-3-6-13-46(33)60-49(58)52-22-18-35-28-41(45-30-43(44-12-7-8-20-53(44)45)47(56)50(2)38-14-16-40(55)17-15-38)42(29-37(35)31-52)48(57)54-32-36-11-5-4-10-34(36)27-39(54)19-21-51-23-25-59-26-24-51/h3-6,9-11,13-17,28-30,39,55H,7-8,12,18-27,31-32H2,1-2H3/t39-/m1/s1. The number of hydrogen-bond acceptors (Lipinski definition) is 7. The molecule has 310 valence electrons. The van der Waals surface area contributed by atoms with Crippen LogP contribution in [0.2, 0.25) is 0 Å². The summed E-state index contributed by atoms with van der Waals surface area (Å²) in [5.41, 5.74) is 9.86. The van der Waals surface area contributed by atoms with E-state index in [1.807, 2.05) is 43.3 Å². The predicted octanol–water partition coefficient (Wildman–Crippen LogP) is 7.63. The molecule has 4 aliphatic heterocycles. The number of ether oxygens (including phenoxy) is 2. The molecule has 1 saturated heterocycles. The van der Waals surface area contributed by atoms with Gasteiger partial charge in [-0.1, -0.05) is 42.5 Å². The number of carbonyl (C=O) groups excluding carboxylic acids is 3. The smallest absolute Gasteiger partial charge is 0.415 e. The summed E-state index contributed by atoms with van der Waals surface area (Å²) in [6.45, 7) is 8.05. The number of anilines is 1. The number of benzene rings is 4. The summed E-state index contributed by atoms with van der Waals surface area (Å²) in [6.07, 6.45) is 4.48. The van der Waals surface area contributed by atoms with E-state index >= 15 is 4.79 Å². The number of rotatable bonds is 8. The van der Waals surface area contributed by atoms with Crippen LogP contribution in [0, 0.1) is 6.92 Å². The third-order valence-corrected chi connectivity index (χ3v) is 12.9. The zero-order chi connectivity index (χ0) is 41.3. The number of carbonyl (C=O) groups is 3.